The number of nitrogens with one attached hydrogen (secondary N) is 1. The summed E-state index contributed by atoms with van der Waals surface area (Å²) in [6, 6.07) is 15.2. The highest BCUT2D eigenvalue weighted by atomic mass is 16.4. The summed E-state index contributed by atoms with van der Waals surface area (Å²) in [7, 11) is 0. The van der Waals surface area contributed by atoms with E-state index in [1.165, 1.54) is 0 Å². The zero-order chi connectivity index (χ0) is 20.4. The summed E-state index contributed by atoms with van der Waals surface area (Å²) >= 11 is 0. The molecule has 0 saturated carbocycles. The van der Waals surface area contributed by atoms with Crippen LogP contribution in [-0.4, -0.2) is 20.7 Å². The van der Waals surface area contributed by atoms with Crippen LogP contribution in [0.15, 0.2) is 65.3 Å². The summed E-state index contributed by atoms with van der Waals surface area (Å²) in [4.78, 5) is 17.1. The van der Waals surface area contributed by atoms with Crippen LogP contribution in [0.5, 0.6) is 0 Å². The molecule has 1 amide bonds. The first-order valence-electron chi connectivity index (χ1n) is 9.42. The lowest BCUT2D eigenvalue weighted by Gasteiger charge is -2.07. The second kappa shape index (κ2) is 7.75. The number of aryl methyl sites for hydroxylation is 3. The SMILES string of the molecule is Cc1cc(C)cc(C(=O)Nc2ccc(-c3nc(Cn4cccn4)c(C)o3)cc2)c1. The predicted octanol–water partition coefficient (Wildman–Crippen LogP) is 4.76. The van der Waals surface area contributed by atoms with E-state index in [0.717, 1.165) is 33.8 Å². The van der Waals surface area contributed by atoms with Crippen molar-refractivity contribution in [1.29, 1.82) is 0 Å². The molecule has 6 nitrogen and oxygen atoms in total. The van der Waals surface area contributed by atoms with Crippen molar-refractivity contribution in [3.05, 3.63) is 89.1 Å². The number of benzene rings is 2. The molecule has 0 unspecified atom stereocenters. The molecule has 6 heteroatoms. The van der Waals surface area contributed by atoms with Crippen LogP contribution in [0.1, 0.15) is 32.9 Å². The van der Waals surface area contributed by atoms with E-state index in [4.69, 9.17) is 4.42 Å². The quantitative estimate of drug-likeness (QED) is 0.536. The summed E-state index contributed by atoms with van der Waals surface area (Å²) in [6.45, 7) is 6.43. The van der Waals surface area contributed by atoms with Crippen molar-refractivity contribution in [1.82, 2.24) is 14.8 Å². The monoisotopic (exact) mass is 386 g/mol. The number of carbonyl (C=O) groups excluding carboxylic acids is 1. The molecule has 29 heavy (non-hydrogen) atoms. The lowest BCUT2D eigenvalue weighted by Crippen LogP contribution is -2.12. The Morgan fingerprint density at radius 1 is 1.07 bits per heavy atom. The summed E-state index contributed by atoms with van der Waals surface area (Å²) in [5.74, 6) is 1.19. The molecule has 0 bridgehead atoms. The first-order chi connectivity index (χ1) is 14.0. The van der Waals surface area contributed by atoms with E-state index in [2.05, 4.69) is 15.4 Å². The molecular weight excluding hydrogens is 364 g/mol. The highest BCUT2D eigenvalue weighted by Gasteiger charge is 2.13. The van der Waals surface area contributed by atoms with Crippen LogP contribution in [0.3, 0.4) is 0 Å². The van der Waals surface area contributed by atoms with E-state index in [-0.39, 0.29) is 5.91 Å². The summed E-state index contributed by atoms with van der Waals surface area (Å²) < 4.78 is 7.63. The van der Waals surface area contributed by atoms with Gasteiger partial charge < -0.3 is 9.73 Å². The van der Waals surface area contributed by atoms with Crippen LogP contribution in [0, 0.1) is 20.8 Å². The molecule has 0 atom stereocenters. The fourth-order valence-electron chi connectivity index (χ4n) is 3.25. The third-order valence-corrected chi connectivity index (χ3v) is 4.64. The van der Waals surface area contributed by atoms with Crippen LogP contribution in [0.4, 0.5) is 5.69 Å². The molecule has 0 saturated heterocycles. The minimum absolute atomic E-state index is 0.127. The normalized spacial score (nSPS) is 10.9. The molecule has 146 valence electrons. The second-order valence-electron chi connectivity index (χ2n) is 7.13. The van der Waals surface area contributed by atoms with Crippen molar-refractivity contribution in [3.8, 4) is 11.5 Å². The minimum Gasteiger partial charge on any atom is -0.441 e. The summed E-state index contributed by atoms with van der Waals surface area (Å²) in [6.07, 6.45) is 3.63. The van der Waals surface area contributed by atoms with Crippen molar-refractivity contribution in [2.75, 3.05) is 5.32 Å². The number of amides is 1. The Hall–Kier alpha value is -3.67. The van der Waals surface area contributed by atoms with Crippen LogP contribution in [-0.2, 0) is 6.54 Å². The van der Waals surface area contributed by atoms with Gasteiger partial charge in [-0.2, -0.15) is 5.10 Å². The number of hydrogen-bond donors (Lipinski definition) is 1. The van der Waals surface area contributed by atoms with Gasteiger partial charge in [0, 0.05) is 29.2 Å². The van der Waals surface area contributed by atoms with Gasteiger partial charge in [0.2, 0.25) is 5.89 Å². The standard InChI is InChI=1S/C23H22N4O2/c1-15-11-16(2)13-19(12-15)22(28)25-20-7-5-18(6-8-20)23-26-21(17(3)29-23)14-27-10-4-9-24-27/h4-13H,14H2,1-3H3,(H,25,28). The molecule has 0 aliphatic heterocycles. The Morgan fingerprint density at radius 2 is 1.79 bits per heavy atom. The van der Waals surface area contributed by atoms with Gasteiger partial charge in [-0.15, -0.1) is 0 Å². The lowest BCUT2D eigenvalue weighted by atomic mass is 10.1. The number of carbonyl (C=O) groups is 1. The largest absolute Gasteiger partial charge is 0.441 e. The number of anilines is 1. The van der Waals surface area contributed by atoms with Gasteiger partial charge in [-0.3, -0.25) is 9.48 Å². The van der Waals surface area contributed by atoms with Crippen molar-refractivity contribution >= 4 is 11.6 Å². The first kappa shape index (κ1) is 18.7. The molecule has 0 fully saturated rings. The highest BCUT2D eigenvalue weighted by Crippen LogP contribution is 2.24. The average molecular weight is 386 g/mol. The number of rotatable bonds is 5. The van der Waals surface area contributed by atoms with E-state index < -0.39 is 0 Å². The predicted molar refractivity (Wildman–Crippen MR) is 112 cm³/mol. The van der Waals surface area contributed by atoms with E-state index in [0.29, 0.717) is 18.0 Å². The maximum absolute atomic E-state index is 12.5. The number of oxazole rings is 1. The molecule has 4 aromatic rings. The van der Waals surface area contributed by atoms with Gasteiger partial charge in [-0.25, -0.2) is 4.98 Å². The van der Waals surface area contributed by atoms with Crippen LogP contribution in [0.25, 0.3) is 11.5 Å². The number of aromatic nitrogens is 3. The fourth-order valence-corrected chi connectivity index (χ4v) is 3.25. The summed E-state index contributed by atoms with van der Waals surface area (Å²) in [5, 5.41) is 7.14. The van der Waals surface area contributed by atoms with Gasteiger partial charge in [0.25, 0.3) is 5.91 Å². The second-order valence-corrected chi connectivity index (χ2v) is 7.13. The zero-order valence-corrected chi connectivity index (χ0v) is 16.6. The molecule has 2 aromatic carbocycles. The first-order valence-corrected chi connectivity index (χ1v) is 9.42. The van der Waals surface area contributed by atoms with Gasteiger partial charge >= 0.3 is 0 Å². The van der Waals surface area contributed by atoms with Crippen molar-refractivity contribution in [3.63, 3.8) is 0 Å². The van der Waals surface area contributed by atoms with Crippen molar-refractivity contribution in [2.24, 2.45) is 0 Å². The minimum atomic E-state index is -0.127. The van der Waals surface area contributed by atoms with Crippen LogP contribution < -0.4 is 5.32 Å². The molecule has 2 heterocycles. The third-order valence-electron chi connectivity index (χ3n) is 4.64. The van der Waals surface area contributed by atoms with E-state index >= 15 is 0 Å². The molecule has 2 aromatic heterocycles. The fraction of sp³-hybridized carbons (Fsp3) is 0.174. The molecule has 0 aliphatic rings. The summed E-state index contributed by atoms with van der Waals surface area (Å²) in [5.41, 5.74) is 5.20. The molecule has 0 radical (unpaired) electrons. The van der Waals surface area contributed by atoms with Gasteiger partial charge in [-0.05, 0) is 63.2 Å². The Balaban J connectivity index is 1.48. The lowest BCUT2D eigenvalue weighted by molar-refractivity contribution is 0.102. The zero-order valence-electron chi connectivity index (χ0n) is 16.6. The van der Waals surface area contributed by atoms with Crippen molar-refractivity contribution in [2.45, 2.75) is 27.3 Å². The Bertz CT molecular complexity index is 1120. The Morgan fingerprint density at radius 3 is 2.45 bits per heavy atom. The van der Waals surface area contributed by atoms with E-state index in [9.17, 15) is 4.79 Å². The van der Waals surface area contributed by atoms with Gasteiger partial charge in [0.05, 0.1) is 6.54 Å². The number of hydrogen-bond acceptors (Lipinski definition) is 4. The Labute approximate surface area is 169 Å². The number of nitrogens with zero attached hydrogens (tertiary/aromatic N) is 3. The molecular formula is C23H22N4O2. The topological polar surface area (TPSA) is 73.0 Å². The van der Waals surface area contributed by atoms with E-state index in [1.807, 2.05) is 75.5 Å². The molecule has 4 rings (SSSR count). The van der Waals surface area contributed by atoms with Gasteiger partial charge in [-0.1, -0.05) is 17.2 Å². The maximum Gasteiger partial charge on any atom is 0.255 e. The van der Waals surface area contributed by atoms with E-state index in [1.54, 1.807) is 10.9 Å². The van der Waals surface area contributed by atoms with Gasteiger partial charge in [0.1, 0.15) is 11.5 Å². The van der Waals surface area contributed by atoms with Crippen molar-refractivity contribution < 1.29 is 9.21 Å². The highest BCUT2D eigenvalue weighted by molar-refractivity contribution is 6.04. The third kappa shape index (κ3) is 4.27. The smallest absolute Gasteiger partial charge is 0.255 e. The maximum atomic E-state index is 12.5. The Kier molecular flexibility index (Phi) is 4.99. The van der Waals surface area contributed by atoms with Crippen LogP contribution >= 0.6 is 0 Å². The molecule has 0 spiro atoms. The average Bonchev–Trinajstić information content (AvgIpc) is 3.32. The van der Waals surface area contributed by atoms with Crippen LogP contribution in [0.2, 0.25) is 0 Å². The molecule has 1 N–H and O–H groups in total. The molecule has 0 aliphatic carbocycles. The van der Waals surface area contributed by atoms with Gasteiger partial charge in [0.15, 0.2) is 0 Å².